The van der Waals surface area contributed by atoms with Crippen molar-refractivity contribution in [2.75, 3.05) is 34.8 Å². The van der Waals surface area contributed by atoms with E-state index in [9.17, 15) is 18.0 Å². The Hall–Kier alpha value is -3.62. The Labute approximate surface area is 189 Å². The second-order valence-electron chi connectivity index (χ2n) is 8.28. The van der Waals surface area contributed by atoms with E-state index in [0.29, 0.717) is 30.9 Å². The Morgan fingerprint density at radius 1 is 1.06 bits per heavy atom. The van der Waals surface area contributed by atoms with Crippen LogP contribution in [0.5, 0.6) is 0 Å². The fraction of sp³-hybridized carbons (Fsp3) is 0.292. The molecule has 1 N–H and O–H groups in total. The summed E-state index contributed by atoms with van der Waals surface area (Å²) in [5.74, 6) is -0.0153. The molecule has 2 aliphatic rings. The second kappa shape index (κ2) is 8.38. The number of nitrogens with zero attached hydrogens (tertiary/aromatic N) is 4. The molecular formula is C24H22F3N5O. The van der Waals surface area contributed by atoms with Crippen LogP contribution in [0, 0.1) is 5.92 Å². The number of para-hydroxylation sites is 1. The minimum atomic E-state index is -4.43. The van der Waals surface area contributed by atoms with Crippen molar-refractivity contribution in [2.24, 2.45) is 5.92 Å². The lowest BCUT2D eigenvalue weighted by Gasteiger charge is -2.49. The largest absolute Gasteiger partial charge is 0.416 e. The molecule has 3 heterocycles. The topological polar surface area (TPSA) is 61.4 Å². The van der Waals surface area contributed by atoms with Gasteiger partial charge >= 0.3 is 6.18 Å². The van der Waals surface area contributed by atoms with Gasteiger partial charge in [-0.15, -0.1) is 0 Å². The zero-order valence-corrected chi connectivity index (χ0v) is 17.7. The fourth-order valence-electron chi connectivity index (χ4n) is 4.72. The van der Waals surface area contributed by atoms with Crippen molar-refractivity contribution >= 4 is 23.1 Å². The SMILES string of the molecule is O=C(Nc1ccccc1)[C@@H]1Cc2cc(C(F)(F)F)ccc2N2CCN(c3cnccn3)C[C@@H]12. The molecule has 1 aromatic heterocycles. The van der Waals surface area contributed by atoms with Crippen LogP contribution < -0.4 is 15.1 Å². The van der Waals surface area contributed by atoms with Crippen LogP contribution in [0.3, 0.4) is 0 Å². The van der Waals surface area contributed by atoms with Crippen LogP contribution >= 0.6 is 0 Å². The number of piperazine rings is 1. The maximum absolute atomic E-state index is 13.4. The number of halogens is 3. The number of fused-ring (bicyclic) bond motifs is 3. The van der Waals surface area contributed by atoms with Crippen molar-refractivity contribution in [3.63, 3.8) is 0 Å². The van der Waals surface area contributed by atoms with Gasteiger partial charge in [-0.3, -0.25) is 9.78 Å². The maximum atomic E-state index is 13.4. The highest BCUT2D eigenvalue weighted by atomic mass is 19.4. The number of hydrogen-bond donors (Lipinski definition) is 1. The normalized spacial score (nSPS) is 20.1. The smallest absolute Gasteiger partial charge is 0.364 e. The summed E-state index contributed by atoms with van der Waals surface area (Å²) in [5, 5.41) is 2.94. The average molecular weight is 453 g/mol. The fourth-order valence-corrected chi connectivity index (χ4v) is 4.72. The Kier molecular flexibility index (Phi) is 5.39. The second-order valence-corrected chi connectivity index (χ2v) is 8.28. The Morgan fingerprint density at radius 3 is 2.61 bits per heavy atom. The van der Waals surface area contributed by atoms with Gasteiger partial charge in [0, 0.05) is 43.4 Å². The summed E-state index contributed by atoms with van der Waals surface area (Å²) >= 11 is 0. The Bertz CT molecular complexity index is 1140. The zero-order valence-electron chi connectivity index (χ0n) is 17.7. The first-order chi connectivity index (χ1) is 15.9. The number of rotatable bonds is 3. The monoisotopic (exact) mass is 453 g/mol. The van der Waals surface area contributed by atoms with Gasteiger partial charge in [0.15, 0.2) is 0 Å². The number of alkyl halides is 3. The molecule has 6 nitrogen and oxygen atoms in total. The molecule has 5 rings (SSSR count). The van der Waals surface area contributed by atoms with Gasteiger partial charge in [0.05, 0.1) is 23.7 Å². The van der Waals surface area contributed by atoms with Crippen LogP contribution in [0.25, 0.3) is 0 Å². The third kappa shape index (κ3) is 4.22. The van der Waals surface area contributed by atoms with Crippen LogP contribution in [0.1, 0.15) is 11.1 Å². The molecule has 1 fully saturated rings. The summed E-state index contributed by atoms with van der Waals surface area (Å²) in [6.45, 7) is 1.71. The summed E-state index contributed by atoms with van der Waals surface area (Å²) in [6, 6.07) is 12.7. The highest BCUT2D eigenvalue weighted by Crippen LogP contribution is 2.40. The molecule has 0 aliphatic carbocycles. The van der Waals surface area contributed by atoms with E-state index in [0.717, 1.165) is 17.6 Å². The minimum absolute atomic E-state index is 0.208. The summed E-state index contributed by atoms with van der Waals surface area (Å²) in [4.78, 5) is 26.0. The molecule has 3 aromatic rings. The quantitative estimate of drug-likeness (QED) is 0.650. The van der Waals surface area contributed by atoms with E-state index in [1.165, 1.54) is 12.1 Å². The van der Waals surface area contributed by atoms with E-state index in [-0.39, 0.29) is 18.4 Å². The van der Waals surface area contributed by atoms with Crippen LogP contribution in [0.4, 0.5) is 30.4 Å². The lowest BCUT2D eigenvalue weighted by atomic mass is 9.82. The average Bonchev–Trinajstić information content (AvgIpc) is 2.83. The molecular weight excluding hydrogens is 431 g/mol. The molecule has 0 saturated carbocycles. The molecule has 9 heteroatoms. The van der Waals surface area contributed by atoms with Crippen LogP contribution in [0.15, 0.2) is 67.1 Å². The van der Waals surface area contributed by atoms with Crippen molar-refractivity contribution in [1.29, 1.82) is 0 Å². The number of amides is 1. The van der Waals surface area contributed by atoms with Gasteiger partial charge in [-0.1, -0.05) is 18.2 Å². The Balaban J connectivity index is 1.49. The molecule has 0 unspecified atom stereocenters. The lowest BCUT2D eigenvalue weighted by Crippen LogP contribution is -2.60. The number of nitrogens with one attached hydrogen (secondary N) is 1. The number of aromatic nitrogens is 2. The predicted octanol–water partition coefficient (Wildman–Crippen LogP) is 4.00. The van der Waals surface area contributed by atoms with Crippen molar-refractivity contribution in [3.8, 4) is 0 Å². The summed E-state index contributed by atoms with van der Waals surface area (Å²) in [6.07, 6.45) is 0.702. The van der Waals surface area contributed by atoms with E-state index >= 15 is 0 Å². The van der Waals surface area contributed by atoms with Gasteiger partial charge in [-0.25, -0.2) is 4.98 Å². The number of hydrogen-bond acceptors (Lipinski definition) is 5. The molecule has 33 heavy (non-hydrogen) atoms. The number of benzene rings is 2. The molecule has 1 saturated heterocycles. The predicted molar refractivity (Wildman–Crippen MR) is 119 cm³/mol. The lowest BCUT2D eigenvalue weighted by molar-refractivity contribution is -0.137. The van der Waals surface area contributed by atoms with E-state index in [1.807, 2.05) is 18.2 Å². The van der Waals surface area contributed by atoms with Crippen molar-refractivity contribution < 1.29 is 18.0 Å². The summed E-state index contributed by atoms with van der Waals surface area (Å²) < 4.78 is 40.1. The van der Waals surface area contributed by atoms with Gasteiger partial charge < -0.3 is 15.1 Å². The van der Waals surface area contributed by atoms with Crippen LogP contribution in [0.2, 0.25) is 0 Å². The standard InChI is InChI=1S/C24H22F3N5O/c25-24(26,27)17-6-7-20-16(12-17)13-19(23(33)30-18-4-2-1-3-5-18)21-15-31(10-11-32(20)21)22-14-28-8-9-29-22/h1-9,12,14,19,21H,10-11,13,15H2,(H,30,33)/t19-,21+/m1/s1. The van der Waals surface area contributed by atoms with Crippen molar-refractivity contribution in [3.05, 3.63) is 78.2 Å². The molecule has 170 valence electrons. The van der Waals surface area contributed by atoms with Crippen LogP contribution in [-0.4, -0.2) is 41.6 Å². The first-order valence-electron chi connectivity index (χ1n) is 10.7. The van der Waals surface area contributed by atoms with Gasteiger partial charge in [0.1, 0.15) is 5.82 Å². The number of carbonyl (C=O) groups is 1. The van der Waals surface area contributed by atoms with Crippen molar-refractivity contribution in [1.82, 2.24) is 9.97 Å². The summed E-state index contributed by atoms with van der Waals surface area (Å²) in [5.41, 5.74) is 1.27. The maximum Gasteiger partial charge on any atom is 0.416 e. The van der Waals surface area contributed by atoms with Gasteiger partial charge in [0.2, 0.25) is 5.91 Å². The minimum Gasteiger partial charge on any atom is -0.364 e. The zero-order chi connectivity index (χ0) is 23.0. The molecule has 0 spiro atoms. The van der Waals surface area contributed by atoms with Gasteiger partial charge in [-0.05, 0) is 42.3 Å². The van der Waals surface area contributed by atoms with E-state index < -0.39 is 17.7 Å². The van der Waals surface area contributed by atoms with E-state index in [1.54, 1.807) is 30.7 Å². The molecule has 2 atom stereocenters. The van der Waals surface area contributed by atoms with Crippen LogP contribution in [-0.2, 0) is 17.4 Å². The number of carbonyl (C=O) groups excluding carboxylic acids is 1. The van der Waals surface area contributed by atoms with E-state index in [2.05, 4.69) is 25.1 Å². The molecule has 0 bridgehead atoms. The highest BCUT2D eigenvalue weighted by Gasteiger charge is 2.43. The Morgan fingerprint density at radius 2 is 1.88 bits per heavy atom. The van der Waals surface area contributed by atoms with E-state index in [4.69, 9.17) is 0 Å². The molecule has 1 amide bonds. The van der Waals surface area contributed by atoms with Gasteiger partial charge in [-0.2, -0.15) is 13.2 Å². The first-order valence-corrected chi connectivity index (χ1v) is 10.7. The summed E-state index contributed by atoms with van der Waals surface area (Å²) in [7, 11) is 0. The van der Waals surface area contributed by atoms with Gasteiger partial charge in [0.25, 0.3) is 0 Å². The third-order valence-corrected chi connectivity index (χ3v) is 6.29. The molecule has 0 radical (unpaired) electrons. The number of anilines is 3. The highest BCUT2D eigenvalue weighted by molar-refractivity contribution is 5.94. The third-order valence-electron chi connectivity index (χ3n) is 6.29. The first kappa shape index (κ1) is 21.2. The molecule has 2 aromatic carbocycles. The van der Waals surface area contributed by atoms with Crippen molar-refractivity contribution in [2.45, 2.75) is 18.6 Å². The molecule has 2 aliphatic heterocycles.